The van der Waals surface area contributed by atoms with Gasteiger partial charge in [-0.05, 0) is 48.0 Å². The first-order valence-corrected chi connectivity index (χ1v) is 14.7. The van der Waals surface area contributed by atoms with Crippen molar-refractivity contribution < 1.29 is 13.6 Å². The number of fused-ring (bicyclic) bond motifs is 2. The average molecular weight is 603 g/mol. The molecule has 0 spiro atoms. The van der Waals surface area contributed by atoms with Crippen LogP contribution in [-0.2, 0) is 11.3 Å². The summed E-state index contributed by atoms with van der Waals surface area (Å²) in [4.78, 5) is 32.5. The van der Waals surface area contributed by atoms with Crippen molar-refractivity contribution in [1.29, 1.82) is 0 Å². The number of carbonyl (C=O) groups excluding carboxylic acids is 1. The van der Waals surface area contributed by atoms with Crippen LogP contribution in [0.1, 0.15) is 22.7 Å². The molecule has 2 aromatic heterocycles. The summed E-state index contributed by atoms with van der Waals surface area (Å²) in [6, 6.07) is 28.4. The highest BCUT2D eigenvalue weighted by molar-refractivity contribution is 7.07. The van der Waals surface area contributed by atoms with Crippen molar-refractivity contribution in [2.24, 2.45) is 4.99 Å². The van der Waals surface area contributed by atoms with Crippen molar-refractivity contribution in [3.05, 3.63) is 169 Å². The van der Waals surface area contributed by atoms with Gasteiger partial charge in [-0.15, -0.1) is 0 Å². The third kappa shape index (κ3) is 5.07. The van der Waals surface area contributed by atoms with Crippen LogP contribution in [0.3, 0.4) is 0 Å². The predicted octanol–water partition coefficient (Wildman–Crippen LogP) is 5.77. The number of nitrogens with one attached hydrogen (secondary N) is 1. The van der Waals surface area contributed by atoms with Gasteiger partial charge in [0, 0.05) is 40.1 Å². The molecule has 4 aromatic carbocycles. The van der Waals surface area contributed by atoms with Crippen molar-refractivity contribution >= 4 is 39.9 Å². The number of para-hydroxylation sites is 2. The van der Waals surface area contributed by atoms with Gasteiger partial charge in [0.1, 0.15) is 11.6 Å². The molecule has 44 heavy (non-hydrogen) atoms. The van der Waals surface area contributed by atoms with Gasteiger partial charge in [-0.25, -0.2) is 13.8 Å². The van der Waals surface area contributed by atoms with Gasteiger partial charge in [-0.3, -0.25) is 14.2 Å². The van der Waals surface area contributed by atoms with Crippen LogP contribution in [0, 0.1) is 11.6 Å². The zero-order valence-electron chi connectivity index (χ0n) is 23.2. The van der Waals surface area contributed by atoms with Gasteiger partial charge < -0.3 is 9.88 Å². The van der Waals surface area contributed by atoms with E-state index >= 15 is 0 Å². The van der Waals surface area contributed by atoms with Gasteiger partial charge >= 0.3 is 0 Å². The normalized spacial score (nSPS) is 14.6. The topological polar surface area (TPSA) is 68.4 Å². The van der Waals surface area contributed by atoms with Crippen LogP contribution < -0.4 is 20.2 Å². The molecule has 1 aliphatic rings. The molecule has 0 aliphatic carbocycles. The summed E-state index contributed by atoms with van der Waals surface area (Å²) in [5.41, 5.74) is 3.35. The van der Waals surface area contributed by atoms with Crippen LogP contribution in [0.15, 0.2) is 131 Å². The maximum Gasteiger partial charge on any atom is 0.271 e. The number of nitrogens with zero attached hydrogens (tertiary/aromatic N) is 3. The van der Waals surface area contributed by atoms with Crippen LogP contribution in [0.2, 0.25) is 0 Å². The molecule has 0 radical (unpaired) electrons. The highest BCUT2D eigenvalue weighted by Crippen LogP contribution is 2.28. The molecule has 0 saturated heterocycles. The number of thiazole rings is 1. The van der Waals surface area contributed by atoms with Crippen LogP contribution in [0.5, 0.6) is 0 Å². The second-order valence-electron chi connectivity index (χ2n) is 10.4. The van der Waals surface area contributed by atoms with Crippen molar-refractivity contribution in [3.63, 3.8) is 0 Å². The smallest absolute Gasteiger partial charge is 0.271 e. The first kappa shape index (κ1) is 27.4. The molecule has 6 nitrogen and oxygen atoms in total. The van der Waals surface area contributed by atoms with Crippen LogP contribution >= 0.6 is 11.3 Å². The standard InChI is InChI=1S/C35H24F2N4O2S/c36-25-16-14-22(15-17-25)32-28(33(42)39-26-9-2-1-3-10-26)19-38-35-41(32)34(43)31(44-35)18-24-21-40(30-13-7-5-11-27(24)30)20-23-8-4-6-12-29(23)37/h1-19,21,32H,20H2,(H,39,42)/b31-18-. The lowest BCUT2D eigenvalue weighted by Crippen LogP contribution is -2.39. The van der Waals surface area contributed by atoms with Crippen molar-refractivity contribution in [2.75, 3.05) is 5.32 Å². The van der Waals surface area contributed by atoms with E-state index in [2.05, 4.69) is 10.3 Å². The molecule has 1 unspecified atom stereocenters. The maximum atomic E-state index is 14.5. The minimum atomic E-state index is -0.819. The van der Waals surface area contributed by atoms with E-state index in [0.717, 1.165) is 16.5 Å². The number of rotatable bonds is 6. The van der Waals surface area contributed by atoms with Gasteiger partial charge in [0.2, 0.25) is 0 Å². The SMILES string of the molecule is O=C(Nc1ccccc1)C1=CN=c2s/c(=C\c3cn(Cc4ccccc4F)c4ccccc34)c(=O)n2C1c1ccc(F)cc1. The zero-order valence-corrected chi connectivity index (χ0v) is 24.0. The summed E-state index contributed by atoms with van der Waals surface area (Å²) in [6.45, 7) is 0.326. The monoisotopic (exact) mass is 602 g/mol. The zero-order chi connectivity index (χ0) is 30.2. The molecule has 0 fully saturated rings. The highest BCUT2D eigenvalue weighted by atomic mass is 32.1. The molecule has 0 bridgehead atoms. The van der Waals surface area contributed by atoms with Gasteiger partial charge in [0.15, 0.2) is 4.80 Å². The van der Waals surface area contributed by atoms with E-state index in [9.17, 15) is 18.4 Å². The van der Waals surface area contributed by atoms with Crippen molar-refractivity contribution in [2.45, 2.75) is 12.6 Å². The predicted molar refractivity (Wildman–Crippen MR) is 168 cm³/mol. The summed E-state index contributed by atoms with van der Waals surface area (Å²) in [5, 5.41) is 3.79. The highest BCUT2D eigenvalue weighted by Gasteiger charge is 2.30. The van der Waals surface area contributed by atoms with E-state index in [-0.39, 0.29) is 16.9 Å². The second-order valence-corrected chi connectivity index (χ2v) is 11.4. The van der Waals surface area contributed by atoms with E-state index in [0.29, 0.717) is 32.7 Å². The second kappa shape index (κ2) is 11.3. The van der Waals surface area contributed by atoms with Crippen LogP contribution in [0.4, 0.5) is 14.5 Å². The third-order valence-electron chi connectivity index (χ3n) is 7.59. The lowest BCUT2D eigenvalue weighted by molar-refractivity contribution is -0.113. The Bertz CT molecular complexity index is 2250. The number of carbonyl (C=O) groups is 1. The number of halogens is 2. The molecule has 3 heterocycles. The Labute approximate surface area is 254 Å². The Balaban J connectivity index is 1.33. The van der Waals surface area contributed by atoms with Crippen LogP contribution in [0.25, 0.3) is 17.0 Å². The number of benzene rings is 4. The molecule has 216 valence electrons. The first-order valence-electron chi connectivity index (χ1n) is 13.9. The van der Waals surface area contributed by atoms with Crippen LogP contribution in [-0.4, -0.2) is 15.0 Å². The molecule has 7 rings (SSSR count). The van der Waals surface area contributed by atoms with E-state index in [1.165, 1.54) is 40.3 Å². The summed E-state index contributed by atoms with van der Waals surface area (Å²) in [7, 11) is 0. The third-order valence-corrected chi connectivity index (χ3v) is 8.58. The van der Waals surface area contributed by atoms with E-state index in [4.69, 9.17) is 0 Å². The fourth-order valence-electron chi connectivity index (χ4n) is 5.49. The van der Waals surface area contributed by atoms with Crippen molar-refractivity contribution in [3.8, 4) is 0 Å². The number of anilines is 1. The van der Waals surface area contributed by atoms with Crippen molar-refractivity contribution in [1.82, 2.24) is 9.13 Å². The van der Waals surface area contributed by atoms with E-state index in [1.54, 1.807) is 48.5 Å². The minimum absolute atomic E-state index is 0.251. The molecule has 0 saturated carbocycles. The number of hydrogen-bond donors (Lipinski definition) is 1. The van der Waals surface area contributed by atoms with E-state index in [1.807, 2.05) is 53.2 Å². The Kier molecular flexibility index (Phi) is 7.07. The largest absolute Gasteiger partial charge is 0.342 e. The quantitative estimate of drug-likeness (QED) is 0.263. The molecule has 6 aromatic rings. The molecule has 9 heteroatoms. The molecule has 1 atom stereocenters. The Morgan fingerprint density at radius 1 is 0.909 bits per heavy atom. The average Bonchev–Trinajstić information content (AvgIpc) is 3.55. The minimum Gasteiger partial charge on any atom is -0.342 e. The lowest BCUT2D eigenvalue weighted by Gasteiger charge is -2.23. The fraction of sp³-hybridized carbons (Fsp3) is 0.0571. The molecular weight excluding hydrogens is 578 g/mol. The summed E-state index contributed by atoms with van der Waals surface area (Å²) >= 11 is 1.21. The van der Waals surface area contributed by atoms with Gasteiger partial charge in [0.25, 0.3) is 11.5 Å². The summed E-state index contributed by atoms with van der Waals surface area (Å²) < 4.78 is 32.3. The molecular formula is C35H24F2N4O2S. The lowest BCUT2D eigenvalue weighted by atomic mass is 9.97. The van der Waals surface area contributed by atoms with Gasteiger partial charge in [-0.2, -0.15) is 0 Å². The molecule has 1 amide bonds. The summed E-state index contributed by atoms with van der Waals surface area (Å²) in [5.74, 6) is -1.12. The fourth-order valence-corrected chi connectivity index (χ4v) is 6.45. The summed E-state index contributed by atoms with van der Waals surface area (Å²) in [6.07, 6.45) is 5.19. The number of amides is 1. The van der Waals surface area contributed by atoms with E-state index < -0.39 is 17.8 Å². The van der Waals surface area contributed by atoms with Gasteiger partial charge in [-0.1, -0.05) is 78.1 Å². The van der Waals surface area contributed by atoms with Gasteiger partial charge in [0.05, 0.1) is 22.7 Å². The molecule has 1 aliphatic heterocycles. The number of hydrogen-bond acceptors (Lipinski definition) is 4. The first-order chi connectivity index (χ1) is 21.5. The maximum absolute atomic E-state index is 14.5. The Morgan fingerprint density at radius 3 is 2.43 bits per heavy atom. The Morgan fingerprint density at radius 2 is 1.64 bits per heavy atom. The Hall–Kier alpha value is -5.41. The number of aromatic nitrogens is 2. The molecule has 1 N–H and O–H groups in total.